The minimum absolute atomic E-state index is 0.0432. The quantitative estimate of drug-likeness (QED) is 0.0641. The number of hydrogen-bond donors (Lipinski definition) is 4. The molecule has 0 aromatic carbocycles. The molecule has 4 aliphatic rings. The van der Waals surface area contributed by atoms with Gasteiger partial charge in [0.2, 0.25) is 11.8 Å². The van der Waals surface area contributed by atoms with Gasteiger partial charge in [-0.3, -0.25) is 14.6 Å². The Morgan fingerprint density at radius 1 is 1.02 bits per heavy atom. The molecule has 0 aromatic heterocycles. The molecule has 2 amide bonds. The van der Waals surface area contributed by atoms with E-state index < -0.39 is 13.2 Å². The number of hydrogen-bond acceptors (Lipinski definition) is 6. The van der Waals surface area contributed by atoms with Gasteiger partial charge in [-0.2, -0.15) is 5.26 Å². The monoisotopic (exact) mass is 628 g/mol. The van der Waals surface area contributed by atoms with Crippen LogP contribution in [0.3, 0.4) is 0 Å². The van der Waals surface area contributed by atoms with Gasteiger partial charge in [-0.1, -0.05) is 66.2 Å². The number of carbonyl (C=O) groups is 2. The summed E-state index contributed by atoms with van der Waals surface area (Å²) in [6.45, 7) is 11.7. The Hall–Kier alpha value is -2.32. The first kappa shape index (κ1) is 37.1. The zero-order chi connectivity index (χ0) is 33.0. The number of amides is 2. The summed E-state index contributed by atoms with van der Waals surface area (Å²) >= 11 is 0. The molecule has 0 aromatic rings. The Balaban J connectivity index is 1.54. The van der Waals surface area contributed by atoms with Crippen molar-refractivity contribution in [1.82, 2.24) is 16.0 Å². The summed E-state index contributed by atoms with van der Waals surface area (Å²) in [7, 11) is 1.12. The molecular weight excluding hydrogens is 567 g/mol. The molecule has 1 aliphatic heterocycles. The number of nitrogens with two attached hydrogens (primary N) is 1. The number of rotatable bonds is 20. The summed E-state index contributed by atoms with van der Waals surface area (Å²) in [4.78, 5) is 30.7. The number of nitrogens with one attached hydrogen (secondary N) is 3. The number of guanidine groups is 1. The van der Waals surface area contributed by atoms with E-state index in [-0.39, 0.29) is 34.9 Å². The van der Waals surface area contributed by atoms with Gasteiger partial charge in [-0.05, 0) is 75.0 Å². The van der Waals surface area contributed by atoms with E-state index in [0.29, 0.717) is 55.9 Å². The van der Waals surface area contributed by atoms with Crippen LogP contribution in [0.1, 0.15) is 131 Å². The van der Waals surface area contributed by atoms with Gasteiger partial charge in [0, 0.05) is 26.4 Å². The molecule has 6 atom stereocenters. The second kappa shape index (κ2) is 17.6. The predicted molar refractivity (Wildman–Crippen MR) is 180 cm³/mol. The average molecular weight is 629 g/mol. The van der Waals surface area contributed by atoms with Gasteiger partial charge in [0.1, 0.15) is 6.04 Å². The summed E-state index contributed by atoms with van der Waals surface area (Å²) < 4.78 is 13.3. The van der Waals surface area contributed by atoms with Crippen LogP contribution in [-0.2, 0) is 18.9 Å². The van der Waals surface area contributed by atoms with Crippen LogP contribution in [0.4, 0.5) is 0 Å². The smallest absolute Gasteiger partial charge is 0.404 e. The molecule has 0 radical (unpaired) electrons. The molecule has 1 heterocycles. The number of nitrogens with zero attached hydrogens (tertiary/aromatic N) is 2. The van der Waals surface area contributed by atoms with Crippen molar-refractivity contribution >= 4 is 24.9 Å². The van der Waals surface area contributed by atoms with Crippen LogP contribution in [0, 0.1) is 34.5 Å². The van der Waals surface area contributed by atoms with Crippen LogP contribution in [0.15, 0.2) is 4.99 Å². The maximum Gasteiger partial charge on any atom is 0.481 e. The van der Waals surface area contributed by atoms with Crippen LogP contribution in [0.5, 0.6) is 0 Å². The minimum atomic E-state index is -0.659. The van der Waals surface area contributed by atoms with Crippen LogP contribution < -0.4 is 21.7 Å². The summed E-state index contributed by atoms with van der Waals surface area (Å²) in [6.07, 6.45) is 13.6. The van der Waals surface area contributed by atoms with Crippen LogP contribution in [0.25, 0.3) is 0 Å². The van der Waals surface area contributed by atoms with E-state index >= 15 is 0 Å². The normalized spacial score (nSPS) is 26.4. The van der Waals surface area contributed by atoms with Crippen molar-refractivity contribution in [1.29, 1.82) is 5.26 Å². The number of aliphatic imine (C=N–C) groups is 1. The summed E-state index contributed by atoms with van der Waals surface area (Å²) in [6, 6.07) is 1.54. The van der Waals surface area contributed by atoms with E-state index in [0.717, 1.165) is 57.8 Å². The molecule has 5 N–H and O–H groups in total. The van der Waals surface area contributed by atoms with Crippen molar-refractivity contribution in [3.63, 3.8) is 0 Å². The van der Waals surface area contributed by atoms with Crippen molar-refractivity contribution in [2.45, 2.75) is 155 Å². The molecule has 4 rings (SSSR count). The zero-order valence-corrected chi connectivity index (χ0v) is 29.0. The number of carbonyl (C=O) groups excluding carboxylic acids is 2. The lowest BCUT2D eigenvalue weighted by Gasteiger charge is -2.64. The lowest BCUT2D eigenvalue weighted by Crippen LogP contribution is -2.65. The van der Waals surface area contributed by atoms with E-state index in [1.54, 1.807) is 7.05 Å². The molecule has 254 valence electrons. The van der Waals surface area contributed by atoms with Gasteiger partial charge in [0.25, 0.3) is 0 Å². The van der Waals surface area contributed by atoms with Crippen LogP contribution >= 0.6 is 0 Å². The highest BCUT2D eigenvalue weighted by molar-refractivity contribution is 6.48. The molecule has 10 nitrogen and oxygen atoms in total. The Morgan fingerprint density at radius 3 is 2.31 bits per heavy atom. The fraction of sp³-hybridized carbons (Fsp3) is 0.882. The van der Waals surface area contributed by atoms with E-state index in [1.807, 2.05) is 0 Å². The Bertz CT molecular complexity index is 1030. The lowest BCUT2D eigenvalue weighted by atomic mass is 9.43. The number of unbranched alkanes of at least 4 members (excludes halogenated alkanes) is 8. The SMILES string of the molecule is CN=C(N)NCCC[C@H](NC(=O)CCCCCCCCCCC#N)C(=O)N[C@@H](CC(C)C)B1O[C@@H]2C[C@@H]3C[C@@H](C3(C)C)[C@]2(C)O1. The first-order valence-electron chi connectivity index (χ1n) is 17.7. The van der Waals surface area contributed by atoms with E-state index in [1.165, 1.54) is 12.8 Å². The minimum Gasteiger partial charge on any atom is -0.404 e. The molecule has 0 unspecified atom stereocenters. The molecule has 2 bridgehead atoms. The molecule has 4 fully saturated rings. The van der Waals surface area contributed by atoms with Gasteiger partial charge < -0.3 is 31.0 Å². The summed E-state index contributed by atoms with van der Waals surface area (Å²) in [5, 5.41) is 18.0. The van der Waals surface area contributed by atoms with Crippen molar-refractivity contribution in [2.75, 3.05) is 13.6 Å². The second-order valence-electron chi connectivity index (χ2n) is 14.9. The Morgan fingerprint density at radius 2 is 1.69 bits per heavy atom. The first-order chi connectivity index (χ1) is 21.4. The van der Waals surface area contributed by atoms with Crippen LogP contribution in [0.2, 0.25) is 0 Å². The molecule has 3 saturated carbocycles. The standard InChI is InChI=1S/C34H61BN6O4/c1-24(2)21-29(35-44-28-23-25-22-27(33(25,3)4)34(28,5)45-35)41-31(43)26(17-16-20-39-32(37)38-6)40-30(42)18-14-12-10-8-7-9-11-13-15-19-36/h24-29H,7-18,20-23H2,1-6H3,(H,40,42)(H,41,43)(H3,37,38,39)/t25-,26-,27-,28+,29-,34-/m0/s1. The van der Waals surface area contributed by atoms with E-state index in [4.69, 9.17) is 20.3 Å². The lowest BCUT2D eigenvalue weighted by molar-refractivity contribution is -0.199. The zero-order valence-electron chi connectivity index (χ0n) is 29.0. The van der Waals surface area contributed by atoms with Gasteiger partial charge >= 0.3 is 7.12 Å². The molecule has 1 saturated heterocycles. The fourth-order valence-electron chi connectivity index (χ4n) is 7.79. The fourth-order valence-corrected chi connectivity index (χ4v) is 7.79. The van der Waals surface area contributed by atoms with Gasteiger partial charge in [0.05, 0.1) is 23.7 Å². The molecule has 45 heavy (non-hydrogen) atoms. The van der Waals surface area contributed by atoms with Crippen molar-refractivity contribution < 1.29 is 18.9 Å². The highest BCUT2D eigenvalue weighted by atomic mass is 16.7. The third-order valence-corrected chi connectivity index (χ3v) is 10.7. The molecule has 11 heteroatoms. The topological polar surface area (TPSA) is 151 Å². The highest BCUT2D eigenvalue weighted by Crippen LogP contribution is 2.65. The summed E-state index contributed by atoms with van der Waals surface area (Å²) in [5.74, 6) is 1.19. The third kappa shape index (κ3) is 10.3. The van der Waals surface area contributed by atoms with Gasteiger partial charge in [-0.25, -0.2) is 0 Å². The Kier molecular flexibility index (Phi) is 14.5. The predicted octanol–water partition coefficient (Wildman–Crippen LogP) is 5.01. The van der Waals surface area contributed by atoms with Crippen molar-refractivity contribution in [3.8, 4) is 6.07 Å². The first-order valence-corrected chi connectivity index (χ1v) is 17.7. The van der Waals surface area contributed by atoms with Gasteiger partial charge in [-0.15, -0.1) is 0 Å². The summed E-state index contributed by atoms with van der Waals surface area (Å²) in [5.41, 5.74) is 5.68. The average Bonchev–Trinajstić information content (AvgIpc) is 3.36. The molecule has 0 spiro atoms. The highest BCUT2D eigenvalue weighted by Gasteiger charge is 2.68. The third-order valence-electron chi connectivity index (χ3n) is 10.7. The van der Waals surface area contributed by atoms with Gasteiger partial charge in [0.15, 0.2) is 5.96 Å². The maximum absolute atomic E-state index is 13.8. The Labute approximate surface area is 272 Å². The van der Waals surface area contributed by atoms with E-state index in [2.05, 4.69) is 61.6 Å². The largest absolute Gasteiger partial charge is 0.481 e. The van der Waals surface area contributed by atoms with E-state index in [9.17, 15) is 9.59 Å². The molecular formula is C34H61BN6O4. The van der Waals surface area contributed by atoms with Crippen LogP contribution in [-0.4, -0.2) is 62.2 Å². The van der Waals surface area contributed by atoms with Crippen molar-refractivity contribution in [3.05, 3.63) is 0 Å². The van der Waals surface area contributed by atoms with Crippen molar-refractivity contribution in [2.24, 2.45) is 33.9 Å². The second-order valence-corrected chi connectivity index (χ2v) is 14.9. The number of nitriles is 1. The molecule has 3 aliphatic carbocycles. The maximum atomic E-state index is 13.8.